The highest BCUT2D eigenvalue weighted by Crippen LogP contribution is 2.14. The predicted octanol–water partition coefficient (Wildman–Crippen LogP) is 15.5. The second-order valence-electron chi connectivity index (χ2n) is 17.5. The number of hydrogen-bond acceptors (Lipinski definition) is 5. The number of nitrogens with one attached hydrogen (secondary N) is 1. The number of carbonyl (C=O) groups is 2. The van der Waals surface area contributed by atoms with E-state index < -0.39 is 12.1 Å². The van der Waals surface area contributed by atoms with Crippen molar-refractivity contribution in [3.63, 3.8) is 0 Å². The van der Waals surface area contributed by atoms with Gasteiger partial charge in [-0.05, 0) is 89.9 Å². The van der Waals surface area contributed by atoms with E-state index in [9.17, 15) is 19.8 Å². The summed E-state index contributed by atoms with van der Waals surface area (Å²) < 4.78 is 5.44. The van der Waals surface area contributed by atoms with Crippen LogP contribution in [-0.2, 0) is 14.3 Å². The third-order valence-electron chi connectivity index (χ3n) is 11.6. The molecule has 3 N–H and O–H groups in total. The Labute approximate surface area is 372 Å². The Morgan fingerprint density at radius 1 is 0.467 bits per heavy atom. The first kappa shape index (κ1) is 57.8. The summed E-state index contributed by atoms with van der Waals surface area (Å²) in [5.74, 6) is -0.105. The fraction of sp³-hybridized carbons (Fsp3) is 0.815. The molecule has 0 rings (SSSR count). The van der Waals surface area contributed by atoms with Crippen LogP contribution in [0.3, 0.4) is 0 Å². The van der Waals surface area contributed by atoms with Gasteiger partial charge in [0.2, 0.25) is 5.91 Å². The lowest BCUT2D eigenvalue weighted by Crippen LogP contribution is -2.45. The molecular formula is C54H99NO5. The predicted molar refractivity (Wildman–Crippen MR) is 259 cm³/mol. The maximum atomic E-state index is 12.4. The molecule has 0 aromatic rings. The van der Waals surface area contributed by atoms with Gasteiger partial charge in [-0.2, -0.15) is 0 Å². The van der Waals surface area contributed by atoms with Crippen LogP contribution in [0, 0.1) is 0 Å². The van der Waals surface area contributed by atoms with Gasteiger partial charge in [0.15, 0.2) is 0 Å². The van der Waals surface area contributed by atoms with Gasteiger partial charge in [0.25, 0.3) is 0 Å². The number of carbonyl (C=O) groups excluding carboxylic acids is 2. The second-order valence-corrected chi connectivity index (χ2v) is 17.5. The summed E-state index contributed by atoms with van der Waals surface area (Å²) in [5.41, 5.74) is 0. The highest BCUT2D eigenvalue weighted by Gasteiger charge is 2.18. The summed E-state index contributed by atoms with van der Waals surface area (Å²) >= 11 is 0. The van der Waals surface area contributed by atoms with E-state index in [2.05, 4.69) is 55.6 Å². The Kier molecular flexibility index (Phi) is 47.7. The lowest BCUT2D eigenvalue weighted by atomic mass is 10.0. The molecule has 2 atom stereocenters. The molecule has 0 saturated carbocycles. The summed E-state index contributed by atoms with van der Waals surface area (Å²) in [6.07, 6.45) is 61.2. The van der Waals surface area contributed by atoms with Crippen LogP contribution in [0.25, 0.3) is 0 Å². The number of allylic oxidation sites excluding steroid dienone is 7. The third kappa shape index (κ3) is 45.3. The van der Waals surface area contributed by atoms with Gasteiger partial charge in [0.05, 0.1) is 25.4 Å². The molecule has 0 aliphatic rings. The minimum absolute atomic E-state index is 0.0238. The van der Waals surface area contributed by atoms with E-state index >= 15 is 0 Å². The maximum Gasteiger partial charge on any atom is 0.305 e. The zero-order chi connectivity index (χ0) is 43.7. The Morgan fingerprint density at radius 2 is 0.833 bits per heavy atom. The topological polar surface area (TPSA) is 95.9 Å². The molecule has 350 valence electrons. The van der Waals surface area contributed by atoms with Gasteiger partial charge in [-0.3, -0.25) is 9.59 Å². The number of hydrogen-bond donors (Lipinski definition) is 3. The minimum Gasteiger partial charge on any atom is -0.466 e. The third-order valence-corrected chi connectivity index (χ3v) is 11.6. The van der Waals surface area contributed by atoms with Gasteiger partial charge in [-0.1, -0.05) is 204 Å². The molecule has 0 bridgehead atoms. The molecule has 0 saturated heterocycles. The van der Waals surface area contributed by atoms with E-state index in [0.717, 1.165) is 77.0 Å². The van der Waals surface area contributed by atoms with E-state index in [1.54, 1.807) is 6.08 Å². The SMILES string of the molecule is CCCCCCC/C=C\CCCCCCCC(=O)OCCCCC/C=C\C=C/CCCCCCCCCCCCC(=O)NC(CO)C(O)/C=C/CCCCCCCCCC. The van der Waals surface area contributed by atoms with Gasteiger partial charge in [-0.15, -0.1) is 0 Å². The number of amides is 1. The van der Waals surface area contributed by atoms with Crippen molar-refractivity contribution in [1.82, 2.24) is 5.32 Å². The molecular weight excluding hydrogens is 743 g/mol. The van der Waals surface area contributed by atoms with Crippen LogP contribution in [-0.4, -0.2) is 47.4 Å². The molecule has 1 amide bonds. The van der Waals surface area contributed by atoms with Crippen LogP contribution in [0.2, 0.25) is 0 Å². The van der Waals surface area contributed by atoms with Crippen molar-refractivity contribution >= 4 is 11.9 Å². The van der Waals surface area contributed by atoms with Gasteiger partial charge in [-0.25, -0.2) is 0 Å². The van der Waals surface area contributed by atoms with Gasteiger partial charge in [0.1, 0.15) is 0 Å². The van der Waals surface area contributed by atoms with E-state index in [1.165, 1.54) is 154 Å². The van der Waals surface area contributed by atoms with E-state index in [-0.39, 0.29) is 18.5 Å². The van der Waals surface area contributed by atoms with Crippen LogP contribution in [0.15, 0.2) is 48.6 Å². The number of ether oxygens (including phenoxy) is 1. The van der Waals surface area contributed by atoms with Crippen molar-refractivity contribution in [2.24, 2.45) is 0 Å². The average molecular weight is 842 g/mol. The average Bonchev–Trinajstić information content (AvgIpc) is 3.25. The van der Waals surface area contributed by atoms with Crippen LogP contribution in [0.5, 0.6) is 0 Å². The molecule has 0 spiro atoms. The largest absolute Gasteiger partial charge is 0.466 e. The first-order chi connectivity index (χ1) is 29.5. The summed E-state index contributed by atoms with van der Waals surface area (Å²) in [4.78, 5) is 24.4. The monoisotopic (exact) mass is 842 g/mol. The van der Waals surface area contributed by atoms with Crippen molar-refractivity contribution in [1.29, 1.82) is 0 Å². The quantitative estimate of drug-likeness (QED) is 0.0245. The van der Waals surface area contributed by atoms with Gasteiger partial charge < -0.3 is 20.3 Å². The molecule has 2 unspecified atom stereocenters. The lowest BCUT2D eigenvalue weighted by molar-refractivity contribution is -0.143. The van der Waals surface area contributed by atoms with E-state index in [0.29, 0.717) is 19.4 Å². The summed E-state index contributed by atoms with van der Waals surface area (Å²) in [7, 11) is 0. The van der Waals surface area contributed by atoms with Crippen LogP contribution < -0.4 is 5.32 Å². The molecule has 0 aromatic carbocycles. The minimum atomic E-state index is -0.850. The molecule has 0 aliphatic carbocycles. The molecule has 60 heavy (non-hydrogen) atoms. The standard InChI is InChI=1S/C54H99NO5/c1-3-5-7-9-11-13-15-16-25-28-32-36-40-44-48-54(59)60-49-45-41-37-33-29-26-23-21-19-17-18-20-22-24-27-31-35-39-43-47-53(58)55-51(50-56)52(57)46-42-38-34-30-14-12-10-8-6-4-2/h15-16,21,23,26,29,42,46,51-52,56-57H,3-14,17-20,22,24-25,27-28,30-41,43-45,47-50H2,1-2H3,(H,55,58)/b16-15-,23-21-,29-26-,46-42+. The van der Waals surface area contributed by atoms with E-state index in [1.807, 2.05) is 6.08 Å². The fourth-order valence-corrected chi connectivity index (χ4v) is 7.56. The van der Waals surface area contributed by atoms with Crippen LogP contribution in [0.1, 0.15) is 258 Å². The molecule has 0 aromatic heterocycles. The van der Waals surface area contributed by atoms with Crippen molar-refractivity contribution in [3.05, 3.63) is 48.6 Å². The number of aliphatic hydroxyl groups excluding tert-OH is 2. The second kappa shape index (κ2) is 49.5. The first-order valence-corrected chi connectivity index (χ1v) is 25.9. The lowest BCUT2D eigenvalue weighted by Gasteiger charge is -2.20. The Hall–Kier alpha value is -2.18. The number of unbranched alkanes of at least 4 members (excludes halogenated alkanes) is 31. The Balaban J connectivity index is 3.50. The zero-order valence-electron chi connectivity index (χ0n) is 39.7. The summed E-state index contributed by atoms with van der Waals surface area (Å²) in [5, 5.41) is 22.9. The van der Waals surface area contributed by atoms with Crippen LogP contribution >= 0.6 is 0 Å². The van der Waals surface area contributed by atoms with Crippen molar-refractivity contribution < 1.29 is 24.5 Å². The number of esters is 1. The van der Waals surface area contributed by atoms with Gasteiger partial charge >= 0.3 is 5.97 Å². The van der Waals surface area contributed by atoms with Crippen molar-refractivity contribution in [3.8, 4) is 0 Å². The van der Waals surface area contributed by atoms with Crippen molar-refractivity contribution in [2.45, 2.75) is 270 Å². The zero-order valence-corrected chi connectivity index (χ0v) is 39.7. The summed E-state index contributed by atoms with van der Waals surface area (Å²) in [6.45, 7) is 4.82. The number of rotatable bonds is 47. The molecule has 0 heterocycles. The molecule has 0 aliphatic heterocycles. The molecule has 6 nitrogen and oxygen atoms in total. The Bertz CT molecular complexity index is 1020. The smallest absolute Gasteiger partial charge is 0.305 e. The molecule has 6 heteroatoms. The highest BCUT2D eigenvalue weighted by molar-refractivity contribution is 5.76. The van der Waals surface area contributed by atoms with Gasteiger partial charge in [0, 0.05) is 12.8 Å². The highest BCUT2D eigenvalue weighted by atomic mass is 16.5. The first-order valence-electron chi connectivity index (χ1n) is 25.9. The molecule has 0 fully saturated rings. The van der Waals surface area contributed by atoms with Crippen molar-refractivity contribution in [2.75, 3.05) is 13.2 Å². The fourth-order valence-electron chi connectivity index (χ4n) is 7.56. The maximum absolute atomic E-state index is 12.4. The Morgan fingerprint density at radius 3 is 1.28 bits per heavy atom. The van der Waals surface area contributed by atoms with Crippen LogP contribution in [0.4, 0.5) is 0 Å². The summed E-state index contributed by atoms with van der Waals surface area (Å²) in [6, 6.07) is -0.634. The number of aliphatic hydroxyl groups is 2. The van der Waals surface area contributed by atoms with E-state index in [4.69, 9.17) is 4.74 Å². The normalized spacial score (nSPS) is 13.1. The molecule has 0 radical (unpaired) electrons.